The minimum atomic E-state index is -2.85. The third kappa shape index (κ3) is 3.43. The summed E-state index contributed by atoms with van der Waals surface area (Å²) in [6, 6.07) is 7.69. The molecule has 0 saturated heterocycles. The summed E-state index contributed by atoms with van der Waals surface area (Å²) >= 11 is 7.24. The normalized spacial score (nSPS) is 12.7. The van der Waals surface area contributed by atoms with Gasteiger partial charge in [0.25, 0.3) is 0 Å². The molecule has 1 N–H and O–H groups in total. The lowest BCUT2D eigenvalue weighted by Gasteiger charge is -2.10. The molecule has 0 aliphatic carbocycles. The largest absolute Gasteiger partial charge is 0.435 e. The van der Waals surface area contributed by atoms with Crippen molar-refractivity contribution in [3.05, 3.63) is 50.7 Å². The molecule has 0 bridgehead atoms. The van der Waals surface area contributed by atoms with Crippen LogP contribution in [0.15, 0.2) is 30.3 Å². The first-order valence-corrected chi connectivity index (χ1v) is 6.65. The highest BCUT2D eigenvalue weighted by molar-refractivity contribution is 7.16. The molecule has 0 aliphatic rings. The molecule has 1 atom stereocenters. The summed E-state index contributed by atoms with van der Waals surface area (Å²) < 4.78 is 28.9. The van der Waals surface area contributed by atoms with Crippen molar-refractivity contribution < 1.29 is 18.6 Å². The molecule has 0 amide bonds. The molecule has 1 aromatic heterocycles. The second-order valence-electron chi connectivity index (χ2n) is 3.96. The Morgan fingerprint density at radius 3 is 2.37 bits per heavy atom. The van der Waals surface area contributed by atoms with Crippen molar-refractivity contribution in [3.8, 4) is 5.75 Å². The fourth-order valence-electron chi connectivity index (χ4n) is 1.61. The first-order valence-electron chi connectivity index (χ1n) is 5.46. The van der Waals surface area contributed by atoms with Crippen LogP contribution in [0.5, 0.6) is 5.75 Å². The van der Waals surface area contributed by atoms with E-state index < -0.39 is 12.7 Å². The van der Waals surface area contributed by atoms with Crippen molar-refractivity contribution >= 4 is 22.9 Å². The molecule has 19 heavy (non-hydrogen) atoms. The maximum atomic E-state index is 12.0. The fraction of sp³-hybridized carbons (Fsp3) is 0.231. The summed E-state index contributed by atoms with van der Waals surface area (Å²) in [5.41, 5.74) is 1.50. The second kappa shape index (κ2) is 5.86. The molecule has 0 aliphatic heterocycles. The number of hydrogen-bond acceptors (Lipinski definition) is 3. The van der Waals surface area contributed by atoms with Crippen LogP contribution in [0.2, 0.25) is 4.34 Å². The number of halogens is 3. The van der Waals surface area contributed by atoms with Gasteiger partial charge in [0, 0.05) is 4.88 Å². The molecule has 1 aromatic carbocycles. The van der Waals surface area contributed by atoms with E-state index in [1.54, 1.807) is 18.2 Å². The van der Waals surface area contributed by atoms with Gasteiger partial charge in [0.05, 0.1) is 4.34 Å². The van der Waals surface area contributed by atoms with Gasteiger partial charge in [-0.2, -0.15) is 8.78 Å². The number of benzene rings is 1. The van der Waals surface area contributed by atoms with E-state index in [1.165, 1.54) is 23.5 Å². The van der Waals surface area contributed by atoms with Gasteiger partial charge in [-0.3, -0.25) is 0 Å². The minimum Gasteiger partial charge on any atom is -0.435 e. The predicted molar refractivity (Wildman–Crippen MR) is 71.2 cm³/mol. The maximum Gasteiger partial charge on any atom is 0.387 e. The second-order valence-corrected chi connectivity index (χ2v) is 5.64. The minimum absolute atomic E-state index is 0.0614. The van der Waals surface area contributed by atoms with Gasteiger partial charge >= 0.3 is 6.61 Å². The van der Waals surface area contributed by atoms with Gasteiger partial charge in [-0.1, -0.05) is 23.7 Å². The van der Waals surface area contributed by atoms with Crippen LogP contribution < -0.4 is 4.74 Å². The first-order chi connectivity index (χ1) is 8.97. The van der Waals surface area contributed by atoms with E-state index in [0.717, 1.165) is 5.56 Å². The van der Waals surface area contributed by atoms with E-state index in [0.29, 0.717) is 14.8 Å². The Morgan fingerprint density at radius 2 is 1.89 bits per heavy atom. The highest BCUT2D eigenvalue weighted by Crippen LogP contribution is 2.34. The number of rotatable bonds is 4. The van der Waals surface area contributed by atoms with Crippen LogP contribution in [0.1, 0.15) is 22.1 Å². The molecule has 0 radical (unpaired) electrons. The molecular weight excluding hydrogens is 294 g/mol. The molecule has 1 unspecified atom stereocenters. The van der Waals surface area contributed by atoms with Crippen molar-refractivity contribution in [2.45, 2.75) is 19.6 Å². The summed E-state index contributed by atoms with van der Waals surface area (Å²) in [4.78, 5) is 0.713. The maximum absolute atomic E-state index is 12.0. The van der Waals surface area contributed by atoms with Gasteiger partial charge in [-0.25, -0.2) is 0 Å². The fourth-order valence-corrected chi connectivity index (χ4v) is 2.85. The zero-order valence-corrected chi connectivity index (χ0v) is 11.5. The summed E-state index contributed by atoms with van der Waals surface area (Å²) in [5.74, 6) is 0.0614. The number of aliphatic hydroxyl groups excluding tert-OH is 1. The van der Waals surface area contributed by atoms with Crippen LogP contribution in [0.25, 0.3) is 0 Å². The Morgan fingerprint density at radius 1 is 1.26 bits per heavy atom. The molecule has 2 nitrogen and oxygen atoms in total. The zero-order valence-electron chi connectivity index (χ0n) is 9.94. The SMILES string of the molecule is Cc1cc(C(O)c2ccc(OC(F)F)cc2)sc1Cl. The summed E-state index contributed by atoms with van der Waals surface area (Å²) in [6.45, 7) is -0.997. The Balaban J connectivity index is 2.17. The lowest BCUT2D eigenvalue weighted by molar-refractivity contribution is -0.0498. The van der Waals surface area contributed by atoms with E-state index >= 15 is 0 Å². The van der Waals surface area contributed by atoms with Gasteiger partial charge in [0.1, 0.15) is 11.9 Å². The van der Waals surface area contributed by atoms with Gasteiger partial charge in [0.2, 0.25) is 0 Å². The Bertz CT molecular complexity index is 535. The monoisotopic (exact) mass is 304 g/mol. The summed E-state index contributed by atoms with van der Waals surface area (Å²) in [5, 5.41) is 10.2. The van der Waals surface area contributed by atoms with Crippen LogP contribution in [-0.2, 0) is 0 Å². The third-order valence-corrected chi connectivity index (χ3v) is 4.17. The Kier molecular flexibility index (Phi) is 4.39. The van der Waals surface area contributed by atoms with Crippen molar-refractivity contribution in [2.75, 3.05) is 0 Å². The van der Waals surface area contributed by atoms with Crippen LogP contribution >= 0.6 is 22.9 Å². The quantitative estimate of drug-likeness (QED) is 0.907. The summed E-state index contributed by atoms with van der Waals surface area (Å²) in [7, 11) is 0. The van der Waals surface area contributed by atoms with Crippen LogP contribution in [0.4, 0.5) is 8.78 Å². The standard InChI is InChI=1S/C13H11ClF2O2S/c1-7-6-10(19-12(7)14)11(17)8-2-4-9(5-3-8)18-13(15)16/h2-6,11,13,17H,1H3. The molecule has 2 rings (SSSR count). The average Bonchev–Trinajstić information content (AvgIpc) is 2.69. The first kappa shape index (κ1) is 14.2. The van der Waals surface area contributed by atoms with Crippen molar-refractivity contribution in [2.24, 2.45) is 0 Å². The molecule has 102 valence electrons. The number of aryl methyl sites for hydroxylation is 1. The lowest BCUT2D eigenvalue weighted by Crippen LogP contribution is -2.02. The molecular formula is C13H11ClF2O2S. The van der Waals surface area contributed by atoms with E-state index in [9.17, 15) is 13.9 Å². The number of thiophene rings is 1. The molecule has 6 heteroatoms. The van der Waals surface area contributed by atoms with E-state index in [-0.39, 0.29) is 5.75 Å². The lowest BCUT2D eigenvalue weighted by atomic mass is 10.1. The smallest absolute Gasteiger partial charge is 0.387 e. The highest BCUT2D eigenvalue weighted by Gasteiger charge is 2.15. The predicted octanol–water partition coefficient (Wildman–Crippen LogP) is 4.39. The average molecular weight is 305 g/mol. The van der Waals surface area contributed by atoms with Crippen LogP contribution in [0, 0.1) is 6.92 Å². The zero-order chi connectivity index (χ0) is 14.0. The number of ether oxygens (including phenoxy) is 1. The van der Waals surface area contributed by atoms with E-state index in [2.05, 4.69) is 4.74 Å². The number of alkyl halides is 2. The highest BCUT2D eigenvalue weighted by atomic mass is 35.5. The van der Waals surface area contributed by atoms with Gasteiger partial charge in [0.15, 0.2) is 0 Å². The van der Waals surface area contributed by atoms with Gasteiger partial charge in [-0.05, 0) is 36.2 Å². The van der Waals surface area contributed by atoms with Crippen LogP contribution in [0.3, 0.4) is 0 Å². The Hall–Kier alpha value is -1.17. The van der Waals surface area contributed by atoms with Gasteiger partial charge < -0.3 is 9.84 Å². The number of aliphatic hydroxyl groups is 1. The van der Waals surface area contributed by atoms with E-state index in [1.807, 2.05) is 6.92 Å². The van der Waals surface area contributed by atoms with Gasteiger partial charge in [-0.15, -0.1) is 11.3 Å². The Labute approximate surface area is 118 Å². The topological polar surface area (TPSA) is 29.5 Å². The molecule has 0 fully saturated rings. The van der Waals surface area contributed by atoms with Crippen molar-refractivity contribution in [1.82, 2.24) is 0 Å². The van der Waals surface area contributed by atoms with E-state index in [4.69, 9.17) is 11.6 Å². The van der Waals surface area contributed by atoms with Crippen molar-refractivity contribution in [3.63, 3.8) is 0 Å². The summed E-state index contributed by atoms with van der Waals surface area (Å²) in [6.07, 6.45) is -0.822. The molecule has 0 spiro atoms. The molecule has 1 heterocycles. The third-order valence-electron chi connectivity index (χ3n) is 2.57. The number of hydrogen-bond donors (Lipinski definition) is 1. The van der Waals surface area contributed by atoms with Crippen molar-refractivity contribution in [1.29, 1.82) is 0 Å². The van der Waals surface area contributed by atoms with Crippen LogP contribution in [-0.4, -0.2) is 11.7 Å². The molecule has 0 saturated carbocycles. The molecule has 2 aromatic rings.